The summed E-state index contributed by atoms with van der Waals surface area (Å²) in [7, 11) is 1.59. The highest BCUT2D eigenvalue weighted by molar-refractivity contribution is 5.88. The second-order valence-electron chi connectivity index (χ2n) is 5.49. The highest BCUT2D eigenvalue weighted by Gasteiger charge is 2.12. The Hall–Kier alpha value is -3.41. The van der Waals surface area contributed by atoms with Gasteiger partial charge in [-0.3, -0.25) is 10.1 Å². The number of ether oxygens (including phenoxy) is 2. The molecule has 0 spiro atoms. The number of benzene rings is 2. The van der Waals surface area contributed by atoms with E-state index >= 15 is 0 Å². The third kappa shape index (κ3) is 3.49. The number of aromatic nitrogens is 1. The lowest BCUT2D eigenvalue weighted by Crippen LogP contribution is -1.96. The van der Waals surface area contributed by atoms with Crippen LogP contribution in [0.3, 0.4) is 0 Å². The molecule has 26 heavy (non-hydrogen) atoms. The summed E-state index contributed by atoms with van der Waals surface area (Å²) in [5, 5.41) is 11.9. The molecule has 3 rings (SSSR count). The maximum Gasteiger partial charge on any atom is 0.295 e. The zero-order valence-corrected chi connectivity index (χ0v) is 14.5. The van der Waals surface area contributed by atoms with Crippen LogP contribution in [0.25, 0.3) is 23.1 Å². The van der Waals surface area contributed by atoms with Gasteiger partial charge in [-0.2, -0.15) is 0 Å². The summed E-state index contributed by atoms with van der Waals surface area (Å²) in [6.07, 6.45) is 3.65. The van der Waals surface area contributed by atoms with Crippen molar-refractivity contribution < 1.29 is 14.4 Å². The van der Waals surface area contributed by atoms with Crippen LogP contribution in [0.5, 0.6) is 11.5 Å². The van der Waals surface area contributed by atoms with Gasteiger partial charge in [-0.15, -0.1) is 0 Å². The van der Waals surface area contributed by atoms with Gasteiger partial charge in [0.15, 0.2) is 11.5 Å². The lowest BCUT2D eigenvalue weighted by Gasteiger charge is -2.11. The predicted octanol–water partition coefficient (Wildman–Crippen LogP) is 4.72. The van der Waals surface area contributed by atoms with Crippen LogP contribution in [-0.2, 0) is 0 Å². The van der Waals surface area contributed by atoms with Crippen molar-refractivity contribution >= 4 is 28.7 Å². The first-order valence-electron chi connectivity index (χ1n) is 8.16. The fourth-order valence-electron chi connectivity index (χ4n) is 2.71. The number of nitro benzene ring substituents is 1. The standard InChI is InChI=1S/C20H18N2O4/c1-3-26-18-9-5-7-15(20(18)25-2)11-13-16-12-10-14-6-4-8-17(22(23)24)19(14)21-16/h4-13H,3H2,1-2H3. The summed E-state index contributed by atoms with van der Waals surface area (Å²) in [5.74, 6) is 1.30. The Kier molecular flexibility index (Phi) is 5.12. The third-order valence-corrected chi connectivity index (χ3v) is 3.86. The zero-order valence-electron chi connectivity index (χ0n) is 14.5. The van der Waals surface area contributed by atoms with Crippen molar-refractivity contribution in [2.75, 3.05) is 13.7 Å². The van der Waals surface area contributed by atoms with E-state index in [0.717, 1.165) is 10.9 Å². The Morgan fingerprint density at radius 3 is 2.65 bits per heavy atom. The number of nitrogens with zero attached hydrogens (tertiary/aromatic N) is 2. The number of hydrogen-bond donors (Lipinski definition) is 0. The van der Waals surface area contributed by atoms with Gasteiger partial charge in [0.25, 0.3) is 5.69 Å². The Labute approximate surface area is 150 Å². The van der Waals surface area contributed by atoms with Gasteiger partial charge in [0.1, 0.15) is 5.52 Å². The van der Waals surface area contributed by atoms with Crippen LogP contribution in [-0.4, -0.2) is 23.6 Å². The maximum absolute atomic E-state index is 11.2. The Balaban J connectivity index is 2.00. The minimum atomic E-state index is -0.419. The summed E-state index contributed by atoms with van der Waals surface area (Å²) >= 11 is 0. The molecule has 0 aliphatic rings. The SMILES string of the molecule is CCOc1cccc(C=Cc2ccc3cccc([N+](=O)[O-])c3n2)c1OC. The molecule has 0 bridgehead atoms. The quantitative estimate of drug-likeness (QED) is 0.475. The molecule has 0 fully saturated rings. The normalized spacial score (nSPS) is 11.0. The molecular formula is C20H18N2O4. The van der Waals surface area contributed by atoms with E-state index in [1.165, 1.54) is 6.07 Å². The van der Waals surface area contributed by atoms with Gasteiger partial charge >= 0.3 is 0 Å². The van der Waals surface area contributed by atoms with Crippen LogP contribution in [0.2, 0.25) is 0 Å². The summed E-state index contributed by atoms with van der Waals surface area (Å²) in [5.41, 5.74) is 1.82. The van der Waals surface area contributed by atoms with Crippen molar-refractivity contribution in [1.29, 1.82) is 0 Å². The second-order valence-corrected chi connectivity index (χ2v) is 5.49. The maximum atomic E-state index is 11.2. The summed E-state index contributed by atoms with van der Waals surface area (Å²) < 4.78 is 11.0. The van der Waals surface area contributed by atoms with Crippen LogP contribution >= 0.6 is 0 Å². The first-order chi connectivity index (χ1) is 12.6. The molecular weight excluding hydrogens is 332 g/mol. The summed E-state index contributed by atoms with van der Waals surface area (Å²) in [6.45, 7) is 2.45. The van der Waals surface area contributed by atoms with Gasteiger partial charge in [-0.1, -0.05) is 30.3 Å². The van der Waals surface area contributed by atoms with E-state index in [9.17, 15) is 10.1 Å². The van der Waals surface area contributed by atoms with Crippen molar-refractivity contribution in [3.05, 3.63) is 69.9 Å². The van der Waals surface area contributed by atoms with E-state index in [1.54, 1.807) is 25.3 Å². The fourth-order valence-corrected chi connectivity index (χ4v) is 2.71. The average molecular weight is 350 g/mol. The van der Waals surface area contributed by atoms with Gasteiger partial charge in [-0.25, -0.2) is 4.98 Å². The van der Waals surface area contributed by atoms with E-state index in [1.807, 2.05) is 43.3 Å². The van der Waals surface area contributed by atoms with Crippen molar-refractivity contribution in [1.82, 2.24) is 4.98 Å². The number of methoxy groups -OCH3 is 1. The molecule has 0 atom stereocenters. The molecule has 0 unspecified atom stereocenters. The molecule has 0 N–H and O–H groups in total. The van der Waals surface area contributed by atoms with Gasteiger partial charge in [0, 0.05) is 17.0 Å². The Morgan fingerprint density at radius 1 is 1.12 bits per heavy atom. The molecule has 0 saturated carbocycles. The molecule has 1 aromatic heterocycles. The Morgan fingerprint density at radius 2 is 1.92 bits per heavy atom. The number of pyridine rings is 1. The average Bonchev–Trinajstić information content (AvgIpc) is 2.66. The van der Waals surface area contributed by atoms with Crippen LogP contribution in [0, 0.1) is 10.1 Å². The zero-order chi connectivity index (χ0) is 18.5. The minimum absolute atomic E-state index is 0.00586. The summed E-state index contributed by atoms with van der Waals surface area (Å²) in [4.78, 5) is 15.2. The molecule has 1 heterocycles. The number of non-ortho nitro benzene ring substituents is 1. The van der Waals surface area contributed by atoms with Gasteiger partial charge in [0.05, 0.1) is 24.3 Å². The number of para-hydroxylation sites is 2. The molecule has 3 aromatic rings. The van der Waals surface area contributed by atoms with Crippen LogP contribution in [0.1, 0.15) is 18.2 Å². The van der Waals surface area contributed by atoms with Gasteiger partial charge in [-0.05, 0) is 31.2 Å². The lowest BCUT2D eigenvalue weighted by atomic mass is 10.1. The van der Waals surface area contributed by atoms with E-state index < -0.39 is 4.92 Å². The highest BCUT2D eigenvalue weighted by atomic mass is 16.6. The number of fused-ring (bicyclic) bond motifs is 1. The van der Waals surface area contributed by atoms with Gasteiger partial charge in [0.2, 0.25) is 0 Å². The molecule has 6 nitrogen and oxygen atoms in total. The van der Waals surface area contributed by atoms with Crippen LogP contribution in [0.4, 0.5) is 5.69 Å². The predicted molar refractivity (Wildman–Crippen MR) is 101 cm³/mol. The first-order valence-corrected chi connectivity index (χ1v) is 8.16. The van der Waals surface area contributed by atoms with E-state index in [2.05, 4.69) is 4.98 Å². The second kappa shape index (κ2) is 7.65. The molecule has 0 saturated heterocycles. The Bertz CT molecular complexity index is 983. The highest BCUT2D eigenvalue weighted by Crippen LogP contribution is 2.32. The topological polar surface area (TPSA) is 74.5 Å². The molecule has 132 valence electrons. The molecule has 2 aromatic carbocycles. The van der Waals surface area contributed by atoms with Gasteiger partial charge < -0.3 is 9.47 Å². The first kappa shape index (κ1) is 17.4. The smallest absolute Gasteiger partial charge is 0.295 e. The third-order valence-electron chi connectivity index (χ3n) is 3.86. The van der Waals surface area contributed by atoms with E-state index in [4.69, 9.17) is 9.47 Å². The van der Waals surface area contributed by atoms with Crippen molar-refractivity contribution in [2.45, 2.75) is 6.92 Å². The monoisotopic (exact) mass is 350 g/mol. The lowest BCUT2D eigenvalue weighted by molar-refractivity contribution is -0.383. The molecule has 0 aliphatic heterocycles. The van der Waals surface area contributed by atoms with Crippen molar-refractivity contribution in [3.8, 4) is 11.5 Å². The molecule has 0 radical (unpaired) electrons. The van der Waals surface area contributed by atoms with Crippen LogP contribution in [0.15, 0.2) is 48.5 Å². The summed E-state index contributed by atoms with van der Waals surface area (Å²) in [6, 6.07) is 14.2. The molecule has 0 amide bonds. The minimum Gasteiger partial charge on any atom is -0.492 e. The number of hydrogen-bond acceptors (Lipinski definition) is 5. The number of rotatable bonds is 6. The number of nitro groups is 1. The van der Waals surface area contributed by atoms with Crippen LogP contribution < -0.4 is 9.47 Å². The molecule has 6 heteroatoms. The molecule has 0 aliphatic carbocycles. The van der Waals surface area contributed by atoms with Crippen molar-refractivity contribution in [2.24, 2.45) is 0 Å². The largest absolute Gasteiger partial charge is 0.492 e. The van der Waals surface area contributed by atoms with E-state index in [-0.39, 0.29) is 5.69 Å². The fraction of sp³-hybridized carbons (Fsp3) is 0.150. The van der Waals surface area contributed by atoms with E-state index in [0.29, 0.717) is 29.3 Å². The van der Waals surface area contributed by atoms with Crippen molar-refractivity contribution in [3.63, 3.8) is 0 Å².